The van der Waals surface area contributed by atoms with Crippen LogP contribution >= 0.6 is 0 Å². The van der Waals surface area contributed by atoms with Crippen LogP contribution in [0.2, 0.25) is 0 Å². The number of aliphatic hydroxyl groups is 1. The van der Waals surface area contributed by atoms with Gasteiger partial charge in [0.05, 0.1) is 12.1 Å². The van der Waals surface area contributed by atoms with Gasteiger partial charge in [0.25, 0.3) is 0 Å². The second-order valence-corrected chi connectivity index (χ2v) is 7.70. The number of piperazine rings is 1. The standard InChI is InChI=1S/C20H30N4O3/c1-2-21-19(22-14-20(25)6-3-7-20)24-10-8-23(9-11-24)13-16-4-5-17-18(12-16)27-15-26-17/h4-5,12,25H,2-3,6-11,13-15H2,1H3,(H,21,22). The molecule has 2 aliphatic heterocycles. The Bertz CT molecular complexity index is 682. The van der Waals surface area contributed by atoms with Gasteiger partial charge in [0, 0.05) is 39.3 Å². The maximum Gasteiger partial charge on any atom is 0.231 e. The molecule has 1 saturated heterocycles. The van der Waals surface area contributed by atoms with Gasteiger partial charge >= 0.3 is 0 Å². The van der Waals surface area contributed by atoms with Crippen LogP contribution in [0.4, 0.5) is 0 Å². The van der Waals surface area contributed by atoms with E-state index in [4.69, 9.17) is 14.5 Å². The Morgan fingerprint density at radius 1 is 1.19 bits per heavy atom. The maximum atomic E-state index is 10.3. The predicted octanol–water partition coefficient (Wildman–Crippen LogP) is 1.41. The number of aliphatic imine (C=N–C) groups is 1. The van der Waals surface area contributed by atoms with Crippen LogP contribution in [-0.4, -0.2) is 72.5 Å². The van der Waals surface area contributed by atoms with Crippen LogP contribution in [0, 0.1) is 0 Å². The Morgan fingerprint density at radius 2 is 1.96 bits per heavy atom. The number of benzene rings is 1. The molecule has 2 fully saturated rings. The Balaban J connectivity index is 1.31. The van der Waals surface area contributed by atoms with Gasteiger partial charge in [-0.05, 0) is 43.9 Å². The van der Waals surface area contributed by atoms with E-state index in [0.29, 0.717) is 13.3 Å². The van der Waals surface area contributed by atoms with E-state index in [0.717, 1.165) is 76.0 Å². The minimum absolute atomic E-state index is 0.319. The molecule has 4 rings (SSSR count). The first-order valence-corrected chi connectivity index (χ1v) is 10.0. The van der Waals surface area contributed by atoms with E-state index in [2.05, 4.69) is 34.2 Å². The summed E-state index contributed by atoms with van der Waals surface area (Å²) in [5.74, 6) is 2.62. The molecular formula is C20H30N4O3. The molecule has 0 radical (unpaired) electrons. The van der Waals surface area contributed by atoms with E-state index in [1.54, 1.807) is 0 Å². The molecule has 2 N–H and O–H groups in total. The van der Waals surface area contributed by atoms with Crippen molar-refractivity contribution in [1.29, 1.82) is 0 Å². The van der Waals surface area contributed by atoms with Crippen molar-refractivity contribution < 1.29 is 14.6 Å². The summed E-state index contributed by atoms with van der Waals surface area (Å²) in [6.45, 7) is 8.53. The smallest absolute Gasteiger partial charge is 0.231 e. The van der Waals surface area contributed by atoms with Crippen LogP contribution < -0.4 is 14.8 Å². The van der Waals surface area contributed by atoms with Gasteiger partial charge in [-0.15, -0.1) is 0 Å². The van der Waals surface area contributed by atoms with E-state index >= 15 is 0 Å². The first kappa shape index (κ1) is 18.4. The predicted molar refractivity (Wildman–Crippen MR) is 104 cm³/mol. The first-order chi connectivity index (χ1) is 13.1. The van der Waals surface area contributed by atoms with Crippen LogP contribution in [-0.2, 0) is 6.54 Å². The summed E-state index contributed by atoms with van der Waals surface area (Å²) in [5.41, 5.74) is 0.683. The number of hydrogen-bond donors (Lipinski definition) is 2. The van der Waals surface area contributed by atoms with Gasteiger partial charge in [-0.2, -0.15) is 0 Å². The Kier molecular flexibility index (Phi) is 5.41. The minimum Gasteiger partial charge on any atom is -0.454 e. The second-order valence-electron chi connectivity index (χ2n) is 7.70. The van der Waals surface area contributed by atoms with Crippen molar-refractivity contribution in [2.24, 2.45) is 4.99 Å². The fourth-order valence-electron chi connectivity index (χ4n) is 3.81. The molecule has 0 amide bonds. The van der Waals surface area contributed by atoms with Crippen molar-refractivity contribution in [3.05, 3.63) is 23.8 Å². The summed E-state index contributed by atoms with van der Waals surface area (Å²) in [7, 11) is 0. The van der Waals surface area contributed by atoms with Crippen molar-refractivity contribution in [2.75, 3.05) is 46.1 Å². The summed E-state index contributed by atoms with van der Waals surface area (Å²) in [4.78, 5) is 9.47. The van der Waals surface area contributed by atoms with Crippen LogP contribution in [0.1, 0.15) is 31.7 Å². The zero-order valence-corrected chi connectivity index (χ0v) is 16.1. The molecule has 1 aromatic rings. The summed E-state index contributed by atoms with van der Waals surface area (Å²) in [6.07, 6.45) is 2.86. The number of fused-ring (bicyclic) bond motifs is 1. The van der Waals surface area contributed by atoms with Crippen molar-refractivity contribution in [2.45, 2.75) is 38.3 Å². The molecule has 3 aliphatic rings. The minimum atomic E-state index is -0.568. The number of rotatable bonds is 5. The third-order valence-electron chi connectivity index (χ3n) is 5.66. The zero-order chi connectivity index (χ0) is 18.7. The van der Waals surface area contributed by atoms with Gasteiger partial charge < -0.3 is 24.8 Å². The van der Waals surface area contributed by atoms with E-state index in [-0.39, 0.29) is 0 Å². The van der Waals surface area contributed by atoms with Gasteiger partial charge in [0.1, 0.15) is 0 Å². The molecule has 1 aliphatic carbocycles. The van der Waals surface area contributed by atoms with Crippen LogP contribution in [0.15, 0.2) is 23.2 Å². The highest BCUT2D eigenvalue weighted by molar-refractivity contribution is 5.80. The van der Waals surface area contributed by atoms with Gasteiger partial charge in [-0.1, -0.05) is 6.07 Å². The number of guanidine groups is 1. The molecule has 0 unspecified atom stereocenters. The highest BCUT2D eigenvalue weighted by Gasteiger charge is 2.34. The molecule has 27 heavy (non-hydrogen) atoms. The fraction of sp³-hybridized carbons (Fsp3) is 0.650. The lowest BCUT2D eigenvalue weighted by Gasteiger charge is -2.38. The fourth-order valence-corrected chi connectivity index (χ4v) is 3.81. The van der Waals surface area contributed by atoms with Crippen molar-refractivity contribution in [3.8, 4) is 11.5 Å². The molecule has 148 valence electrons. The summed E-state index contributed by atoms with van der Waals surface area (Å²) >= 11 is 0. The molecule has 1 saturated carbocycles. The summed E-state index contributed by atoms with van der Waals surface area (Å²) in [5, 5.41) is 13.7. The first-order valence-electron chi connectivity index (χ1n) is 10.0. The average molecular weight is 374 g/mol. The number of hydrogen-bond acceptors (Lipinski definition) is 5. The highest BCUT2D eigenvalue weighted by Crippen LogP contribution is 2.33. The van der Waals surface area contributed by atoms with Crippen LogP contribution in [0.5, 0.6) is 11.5 Å². The van der Waals surface area contributed by atoms with Crippen molar-refractivity contribution in [1.82, 2.24) is 15.1 Å². The Morgan fingerprint density at radius 3 is 2.67 bits per heavy atom. The molecule has 2 heterocycles. The van der Waals surface area contributed by atoms with Gasteiger partial charge in [-0.3, -0.25) is 9.89 Å². The average Bonchev–Trinajstić information content (AvgIpc) is 3.12. The SMILES string of the molecule is CCNC(=NCC1(O)CCC1)N1CCN(Cc2ccc3c(c2)OCO3)CC1. The highest BCUT2D eigenvalue weighted by atomic mass is 16.7. The Labute approximate surface area is 161 Å². The topological polar surface area (TPSA) is 69.6 Å². The van der Waals surface area contributed by atoms with E-state index in [9.17, 15) is 5.11 Å². The third kappa shape index (κ3) is 4.30. The lowest BCUT2D eigenvalue weighted by Crippen LogP contribution is -2.52. The molecule has 7 nitrogen and oxygen atoms in total. The molecular weight excluding hydrogens is 344 g/mol. The number of nitrogens with zero attached hydrogens (tertiary/aromatic N) is 3. The number of ether oxygens (including phenoxy) is 2. The third-order valence-corrected chi connectivity index (χ3v) is 5.66. The lowest BCUT2D eigenvalue weighted by molar-refractivity contribution is -0.0238. The largest absolute Gasteiger partial charge is 0.454 e. The van der Waals surface area contributed by atoms with Gasteiger partial charge in [0.15, 0.2) is 17.5 Å². The molecule has 0 aromatic heterocycles. The van der Waals surface area contributed by atoms with E-state index in [1.807, 2.05) is 6.07 Å². The number of nitrogens with one attached hydrogen (secondary N) is 1. The second kappa shape index (κ2) is 7.94. The monoisotopic (exact) mass is 374 g/mol. The van der Waals surface area contributed by atoms with Gasteiger partial charge in [0.2, 0.25) is 6.79 Å². The lowest BCUT2D eigenvalue weighted by atomic mass is 9.80. The van der Waals surface area contributed by atoms with E-state index in [1.165, 1.54) is 5.56 Å². The molecule has 0 spiro atoms. The van der Waals surface area contributed by atoms with Crippen molar-refractivity contribution in [3.63, 3.8) is 0 Å². The molecule has 0 atom stereocenters. The normalized spacial score (nSPS) is 21.9. The molecule has 1 aromatic carbocycles. The summed E-state index contributed by atoms with van der Waals surface area (Å²) < 4.78 is 10.9. The maximum absolute atomic E-state index is 10.3. The zero-order valence-electron chi connectivity index (χ0n) is 16.1. The molecule has 7 heteroatoms. The quantitative estimate of drug-likeness (QED) is 0.600. The van der Waals surface area contributed by atoms with Gasteiger partial charge in [-0.25, -0.2) is 0 Å². The Hall–Kier alpha value is -1.99. The van der Waals surface area contributed by atoms with Crippen molar-refractivity contribution >= 4 is 5.96 Å². The van der Waals surface area contributed by atoms with E-state index < -0.39 is 5.60 Å². The van der Waals surface area contributed by atoms with Crippen LogP contribution in [0.3, 0.4) is 0 Å². The van der Waals surface area contributed by atoms with Crippen LogP contribution in [0.25, 0.3) is 0 Å². The summed E-state index contributed by atoms with van der Waals surface area (Å²) in [6, 6.07) is 6.19. The molecule has 0 bridgehead atoms.